The number of esters is 3. The Labute approximate surface area is 421 Å². The fraction of sp³-hybridized carbons (Fsp3) is 0.758. The van der Waals surface area contributed by atoms with Gasteiger partial charge >= 0.3 is 17.9 Å². The Morgan fingerprint density at radius 2 is 0.618 bits per heavy atom. The largest absolute Gasteiger partial charge is 0.462 e. The zero-order valence-electron chi connectivity index (χ0n) is 44.9. The molecular formula is C62H108O6. The highest BCUT2D eigenvalue weighted by atomic mass is 16.6. The first-order valence-corrected chi connectivity index (χ1v) is 29.0. The van der Waals surface area contributed by atoms with Crippen LogP contribution in [0.3, 0.4) is 0 Å². The maximum Gasteiger partial charge on any atom is 0.306 e. The number of unbranched alkanes of at least 4 members (excludes halogenated alkanes) is 30. The van der Waals surface area contributed by atoms with Gasteiger partial charge in [0.05, 0.1) is 0 Å². The molecule has 6 heteroatoms. The molecule has 0 aromatic heterocycles. The second-order valence-corrected chi connectivity index (χ2v) is 19.2. The molecular weight excluding hydrogens is 841 g/mol. The van der Waals surface area contributed by atoms with E-state index in [4.69, 9.17) is 14.2 Å². The standard InChI is InChI=1S/C62H108O6/c1-4-7-10-13-16-19-22-25-28-30-31-33-34-37-40-43-46-49-52-55-61(64)67-58-59(57-66-60(63)54-51-48-45-42-39-36-27-24-21-18-15-12-9-6-3)68-62(65)56-53-50-47-44-41-38-35-32-29-26-23-20-17-14-11-8-5-2/h9,12,16-22,25-26,29,59H,4-8,10-11,13-15,23-24,27-28,30-58H2,1-3H3/b12-9-,19-16-,20-17-,21-18-,25-22-,29-26-. The molecule has 0 saturated heterocycles. The third-order valence-electron chi connectivity index (χ3n) is 12.4. The quantitative estimate of drug-likeness (QED) is 0.0199. The zero-order valence-corrected chi connectivity index (χ0v) is 44.9. The van der Waals surface area contributed by atoms with E-state index in [0.717, 1.165) is 89.9 Å². The van der Waals surface area contributed by atoms with Crippen LogP contribution >= 0.6 is 0 Å². The van der Waals surface area contributed by atoms with Crippen molar-refractivity contribution in [2.24, 2.45) is 0 Å². The van der Waals surface area contributed by atoms with Crippen molar-refractivity contribution in [3.63, 3.8) is 0 Å². The third-order valence-corrected chi connectivity index (χ3v) is 12.4. The van der Waals surface area contributed by atoms with E-state index in [9.17, 15) is 14.4 Å². The Bertz CT molecular complexity index is 1270. The Morgan fingerprint density at radius 3 is 0.971 bits per heavy atom. The Morgan fingerprint density at radius 1 is 0.324 bits per heavy atom. The lowest BCUT2D eigenvalue weighted by molar-refractivity contribution is -0.167. The van der Waals surface area contributed by atoms with Crippen LogP contribution in [0.15, 0.2) is 72.9 Å². The molecule has 1 atom stereocenters. The van der Waals surface area contributed by atoms with Gasteiger partial charge in [-0.25, -0.2) is 0 Å². The van der Waals surface area contributed by atoms with E-state index in [1.54, 1.807) is 0 Å². The lowest BCUT2D eigenvalue weighted by Gasteiger charge is -2.18. The third kappa shape index (κ3) is 53.8. The summed E-state index contributed by atoms with van der Waals surface area (Å²) in [7, 11) is 0. The number of carbonyl (C=O) groups is 3. The maximum atomic E-state index is 12.9. The number of ether oxygens (including phenoxy) is 3. The molecule has 0 spiro atoms. The summed E-state index contributed by atoms with van der Waals surface area (Å²) in [6.07, 6.45) is 71.7. The lowest BCUT2D eigenvalue weighted by atomic mass is 10.1. The maximum absolute atomic E-state index is 12.9. The number of allylic oxidation sites excluding steroid dienone is 12. The van der Waals surface area contributed by atoms with Gasteiger partial charge in [-0.05, 0) is 103 Å². The predicted molar refractivity (Wildman–Crippen MR) is 293 cm³/mol. The van der Waals surface area contributed by atoms with Gasteiger partial charge in [0.25, 0.3) is 0 Å². The van der Waals surface area contributed by atoms with Crippen LogP contribution in [0.1, 0.15) is 284 Å². The summed E-state index contributed by atoms with van der Waals surface area (Å²) in [5.74, 6) is -0.894. The molecule has 6 nitrogen and oxygen atoms in total. The van der Waals surface area contributed by atoms with Crippen molar-refractivity contribution in [3.05, 3.63) is 72.9 Å². The van der Waals surface area contributed by atoms with Crippen molar-refractivity contribution >= 4 is 17.9 Å². The van der Waals surface area contributed by atoms with Crippen LogP contribution in [0.2, 0.25) is 0 Å². The van der Waals surface area contributed by atoms with Crippen LogP contribution in [0.25, 0.3) is 0 Å². The van der Waals surface area contributed by atoms with Gasteiger partial charge < -0.3 is 14.2 Å². The molecule has 68 heavy (non-hydrogen) atoms. The normalized spacial score (nSPS) is 12.6. The first kappa shape index (κ1) is 64.8. The summed E-state index contributed by atoms with van der Waals surface area (Å²) in [6.45, 7) is 6.49. The highest BCUT2D eigenvalue weighted by Gasteiger charge is 2.19. The van der Waals surface area contributed by atoms with E-state index >= 15 is 0 Å². The van der Waals surface area contributed by atoms with Crippen LogP contribution in [-0.4, -0.2) is 37.2 Å². The van der Waals surface area contributed by atoms with Gasteiger partial charge in [0.2, 0.25) is 0 Å². The first-order valence-electron chi connectivity index (χ1n) is 29.0. The van der Waals surface area contributed by atoms with Crippen LogP contribution in [0.4, 0.5) is 0 Å². The predicted octanol–water partition coefficient (Wildman–Crippen LogP) is 19.4. The van der Waals surface area contributed by atoms with Gasteiger partial charge in [0.1, 0.15) is 13.2 Å². The van der Waals surface area contributed by atoms with Gasteiger partial charge in [-0.15, -0.1) is 0 Å². The van der Waals surface area contributed by atoms with Crippen molar-refractivity contribution in [1.29, 1.82) is 0 Å². The molecule has 0 aliphatic carbocycles. The number of hydrogen-bond acceptors (Lipinski definition) is 6. The Kier molecular flexibility index (Phi) is 53.8. The van der Waals surface area contributed by atoms with E-state index in [1.807, 2.05) is 0 Å². The molecule has 0 saturated carbocycles. The summed E-state index contributed by atoms with van der Waals surface area (Å²) in [5.41, 5.74) is 0. The van der Waals surface area contributed by atoms with Gasteiger partial charge in [0.15, 0.2) is 6.10 Å². The van der Waals surface area contributed by atoms with E-state index < -0.39 is 6.10 Å². The second-order valence-electron chi connectivity index (χ2n) is 19.2. The fourth-order valence-corrected chi connectivity index (χ4v) is 8.09. The van der Waals surface area contributed by atoms with Gasteiger partial charge in [-0.3, -0.25) is 14.4 Å². The average molecular weight is 950 g/mol. The summed E-state index contributed by atoms with van der Waals surface area (Å²) in [5, 5.41) is 0. The number of hydrogen-bond donors (Lipinski definition) is 0. The van der Waals surface area contributed by atoms with Crippen molar-refractivity contribution < 1.29 is 28.6 Å². The SMILES string of the molecule is CC/C=C\C/C=C\CCCCCCCCCC(=O)OCC(COC(=O)CCCCCCCCCCCC/C=C\C=C/CCCCC)OC(=O)CCCCCCCCC/C=C\C/C=C\CCCCC. The van der Waals surface area contributed by atoms with Gasteiger partial charge in [-0.2, -0.15) is 0 Å². The van der Waals surface area contributed by atoms with E-state index in [1.165, 1.54) is 154 Å². The van der Waals surface area contributed by atoms with Gasteiger partial charge in [0, 0.05) is 19.3 Å². The molecule has 0 amide bonds. The molecule has 0 heterocycles. The van der Waals surface area contributed by atoms with E-state index in [2.05, 4.69) is 93.7 Å². The zero-order chi connectivity index (χ0) is 49.3. The molecule has 0 fully saturated rings. The van der Waals surface area contributed by atoms with Gasteiger partial charge in [-0.1, -0.05) is 235 Å². The molecule has 0 N–H and O–H groups in total. The van der Waals surface area contributed by atoms with E-state index in [-0.39, 0.29) is 31.1 Å². The molecule has 0 aromatic rings. The summed E-state index contributed by atoms with van der Waals surface area (Å²) in [6, 6.07) is 0. The molecule has 1 unspecified atom stereocenters. The molecule has 0 bridgehead atoms. The highest BCUT2D eigenvalue weighted by Crippen LogP contribution is 2.15. The van der Waals surface area contributed by atoms with Crippen molar-refractivity contribution in [3.8, 4) is 0 Å². The van der Waals surface area contributed by atoms with Crippen LogP contribution < -0.4 is 0 Å². The second kappa shape index (κ2) is 56.4. The van der Waals surface area contributed by atoms with Crippen LogP contribution in [-0.2, 0) is 28.6 Å². The monoisotopic (exact) mass is 949 g/mol. The fourth-order valence-electron chi connectivity index (χ4n) is 8.09. The molecule has 0 rings (SSSR count). The lowest BCUT2D eigenvalue weighted by Crippen LogP contribution is -2.30. The molecule has 392 valence electrons. The highest BCUT2D eigenvalue weighted by molar-refractivity contribution is 5.71. The van der Waals surface area contributed by atoms with E-state index in [0.29, 0.717) is 19.3 Å². The molecule has 0 aliphatic rings. The van der Waals surface area contributed by atoms with Crippen molar-refractivity contribution in [2.75, 3.05) is 13.2 Å². The Balaban J connectivity index is 4.38. The number of carbonyl (C=O) groups excluding carboxylic acids is 3. The van der Waals surface area contributed by atoms with Crippen LogP contribution in [0.5, 0.6) is 0 Å². The number of rotatable bonds is 52. The van der Waals surface area contributed by atoms with Crippen molar-refractivity contribution in [1.82, 2.24) is 0 Å². The minimum atomic E-state index is -0.785. The molecule has 0 aliphatic heterocycles. The topological polar surface area (TPSA) is 78.9 Å². The van der Waals surface area contributed by atoms with Crippen molar-refractivity contribution in [2.45, 2.75) is 290 Å². The summed E-state index contributed by atoms with van der Waals surface area (Å²) < 4.78 is 16.9. The Hall–Kier alpha value is -3.15. The minimum Gasteiger partial charge on any atom is -0.462 e. The minimum absolute atomic E-state index is 0.0824. The van der Waals surface area contributed by atoms with Crippen LogP contribution in [0, 0.1) is 0 Å². The average Bonchev–Trinajstić information content (AvgIpc) is 3.34. The molecule has 0 radical (unpaired) electrons. The summed E-state index contributed by atoms with van der Waals surface area (Å²) in [4.78, 5) is 38.2. The summed E-state index contributed by atoms with van der Waals surface area (Å²) >= 11 is 0. The molecule has 0 aromatic carbocycles. The first-order chi connectivity index (χ1) is 33.5. The smallest absolute Gasteiger partial charge is 0.306 e.